The highest BCUT2D eigenvalue weighted by molar-refractivity contribution is 5.81. The van der Waals surface area contributed by atoms with Crippen LogP contribution in [0.1, 0.15) is 20.3 Å². The fraction of sp³-hybridized carbons (Fsp3) is 0.900. The van der Waals surface area contributed by atoms with Crippen molar-refractivity contribution in [3.05, 3.63) is 0 Å². The van der Waals surface area contributed by atoms with Crippen LogP contribution in [0.3, 0.4) is 0 Å². The number of halogens is 3. The maximum atomic E-state index is 11.9. The van der Waals surface area contributed by atoms with E-state index < -0.39 is 30.8 Å². The molecule has 102 valence electrons. The second-order valence-electron chi connectivity index (χ2n) is 4.13. The van der Waals surface area contributed by atoms with Gasteiger partial charge in [0.25, 0.3) is 0 Å². The number of carbonyl (C=O) groups excluding carboxylic acids is 1. The van der Waals surface area contributed by atoms with Crippen LogP contribution in [0.25, 0.3) is 0 Å². The second kappa shape index (κ2) is 6.80. The first-order valence-corrected chi connectivity index (χ1v) is 5.36. The average Bonchev–Trinajstić information content (AvgIpc) is 2.20. The Morgan fingerprint density at radius 3 is 2.35 bits per heavy atom. The molecule has 0 spiro atoms. The Labute approximate surface area is 98.8 Å². The quantitative estimate of drug-likeness (QED) is 0.737. The first-order chi connectivity index (χ1) is 7.63. The first-order valence-electron chi connectivity index (χ1n) is 5.36. The van der Waals surface area contributed by atoms with Gasteiger partial charge in [-0.2, -0.15) is 13.2 Å². The van der Waals surface area contributed by atoms with Crippen LogP contribution >= 0.6 is 0 Å². The zero-order valence-corrected chi connectivity index (χ0v) is 10.2. The topological polar surface area (TPSA) is 52.6 Å². The maximum Gasteiger partial charge on any atom is 0.405 e. The van der Waals surface area contributed by atoms with Crippen LogP contribution in [-0.4, -0.2) is 54.4 Å². The summed E-state index contributed by atoms with van der Waals surface area (Å²) in [6.07, 6.45) is -4.43. The van der Waals surface area contributed by atoms with Crippen molar-refractivity contribution in [1.29, 1.82) is 0 Å². The Kier molecular flexibility index (Phi) is 6.48. The van der Waals surface area contributed by atoms with E-state index in [2.05, 4.69) is 0 Å². The van der Waals surface area contributed by atoms with Gasteiger partial charge < -0.3 is 10.4 Å². The molecule has 0 saturated carbocycles. The summed E-state index contributed by atoms with van der Waals surface area (Å²) in [7, 11) is 1.63. The molecule has 0 heterocycles. The monoisotopic (exact) mass is 256 g/mol. The van der Waals surface area contributed by atoms with E-state index in [4.69, 9.17) is 5.11 Å². The van der Waals surface area contributed by atoms with Gasteiger partial charge in [0, 0.05) is 6.54 Å². The first kappa shape index (κ1) is 16.2. The van der Waals surface area contributed by atoms with Gasteiger partial charge in [-0.1, -0.05) is 0 Å². The Bertz CT molecular complexity index is 244. The maximum absolute atomic E-state index is 11.9. The van der Waals surface area contributed by atoms with Crippen molar-refractivity contribution < 1.29 is 23.1 Å². The predicted molar refractivity (Wildman–Crippen MR) is 57.5 cm³/mol. The van der Waals surface area contributed by atoms with E-state index in [0.717, 1.165) is 0 Å². The molecule has 0 rings (SSSR count). The number of amides is 1. The molecule has 2 unspecified atom stereocenters. The van der Waals surface area contributed by atoms with Crippen LogP contribution in [0.4, 0.5) is 13.2 Å². The number of hydrogen-bond donors (Lipinski definition) is 2. The Balaban J connectivity index is 4.03. The lowest BCUT2D eigenvalue weighted by Crippen LogP contribution is -2.46. The molecule has 0 aromatic carbocycles. The summed E-state index contributed by atoms with van der Waals surface area (Å²) in [5.41, 5.74) is 0. The van der Waals surface area contributed by atoms with Gasteiger partial charge in [0.2, 0.25) is 5.91 Å². The van der Waals surface area contributed by atoms with Crippen LogP contribution < -0.4 is 5.32 Å². The third kappa shape index (κ3) is 7.98. The van der Waals surface area contributed by atoms with Crippen molar-refractivity contribution in [3.8, 4) is 0 Å². The summed E-state index contributed by atoms with van der Waals surface area (Å²) < 4.78 is 35.6. The number of carbonyl (C=O) groups is 1. The van der Waals surface area contributed by atoms with Crippen molar-refractivity contribution in [2.24, 2.45) is 0 Å². The molecular formula is C10H19F3N2O2. The number of alkyl halides is 3. The Morgan fingerprint density at radius 1 is 1.41 bits per heavy atom. The molecule has 0 bridgehead atoms. The van der Waals surface area contributed by atoms with Crippen molar-refractivity contribution >= 4 is 5.91 Å². The molecule has 0 aromatic heterocycles. The largest absolute Gasteiger partial charge is 0.405 e. The number of aliphatic hydroxyl groups is 1. The summed E-state index contributed by atoms with van der Waals surface area (Å²) in [6, 6.07) is -0.656. The highest BCUT2D eigenvalue weighted by atomic mass is 19.4. The van der Waals surface area contributed by atoms with Crippen LogP contribution in [0.2, 0.25) is 0 Å². The molecule has 0 saturated heterocycles. The second-order valence-corrected chi connectivity index (χ2v) is 4.13. The molecule has 0 aliphatic carbocycles. The molecule has 0 aliphatic rings. The molecule has 2 N–H and O–H groups in total. The third-order valence-electron chi connectivity index (χ3n) is 2.40. The summed E-state index contributed by atoms with van der Waals surface area (Å²) in [5.74, 6) is -0.671. The number of likely N-dealkylation sites (N-methyl/N-ethyl adjacent to an activating group) is 1. The smallest absolute Gasteiger partial charge is 0.393 e. The minimum Gasteiger partial charge on any atom is -0.393 e. The van der Waals surface area contributed by atoms with Crippen molar-refractivity contribution in [3.63, 3.8) is 0 Å². The van der Waals surface area contributed by atoms with Gasteiger partial charge in [0.1, 0.15) is 6.54 Å². The van der Waals surface area contributed by atoms with Crippen LogP contribution in [0.5, 0.6) is 0 Å². The van der Waals surface area contributed by atoms with Gasteiger partial charge in [-0.25, -0.2) is 0 Å². The molecule has 17 heavy (non-hydrogen) atoms. The lowest BCUT2D eigenvalue weighted by molar-refractivity contribution is -0.141. The predicted octanol–water partition coefficient (Wildman–Crippen LogP) is 0.756. The molecule has 0 fully saturated rings. The van der Waals surface area contributed by atoms with E-state index >= 15 is 0 Å². The summed E-state index contributed by atoms with van der Waals surface area (Å²) in [5, 5.41) is 10.9. The number of nitrogens with one attached hydrogen (secondary N) is 1. The standard InChI is InChI=1S/C10H19F3N2O2/c1-7(16)4-5-15(3)8(2)9(17)14-6-10(11,12)13/h7-8,16H,4-6H2,1-3H3,(H,14,17). The van der Waals surface area contributed by atoms with E-state index in [1.54, 1.807) is 18.9 Å². The molecule has 7 heteroatoms. The molecule has 0 aliphatic heterocycles. The Morgan fingerprint density at radius 2 is 1.94 bits per heavy atom. The van der Waals surface area contributed by atoms with E-state index in [1.165, 1.54) is 6.92 Å². The van der Waals surface area contributed by atoms with E-state index in [0.29, 0.717) is 13.0 Å². The van der Waals surface area contributed by atoms with Gasteiger partial charge in [-0.15, -0.1) is 0 Å². The number of nitrogens with zero attached hydrogens (tertiary/aromatic N) is 1. The SMILES string of the molecule is CC(O)CCN(C)C(C)C(=O)NCC(F)(F)F. The highest BCUT2D eigenvalue weighted by Crippen LogP contribution is 2.12. The van der Waals surface area contributed by atoms with E-state index in [1.807, 2.05) is 5.32 Å². The zero-order chi connectivity index (χ0) is 13.6. The molecule has 0 radical (unpaired) electrons. The minimum absolute atomic E-state index is 0.443. The minimum atomic E-state index is -4.40. The molecule has 2 atom stereocenters. The lowest BCUT2D eigenvalue weighted by atomic mass is 10.2. The van der Waals surface area contributed by atoms with Crippen LogP contribution in [0, 0.1) is 0 Å². The summed E-state index contributed by atoms with van der Waals surface area (Å²) >= 11 is 0. The molecule has 0 aromatic rings. The highest BCUT2D eigenvalue weighted by Gasteiger charge is 2.29. The average molecular weight is 256 g/mol. The fourth-order valence-electron chi connectivity index (χ4n) is 1.12. The van der Waals surface area contributed by atoms with Crippen molar-refractivity contribution in [1.82, 2.24) is 10.2 Å². The lowest BCUT2D eigenvalue weighted by Gasteiger charge is -2.24. The third-order valence-corrected chi connectivity index (χ3v) is 2.40. The van der Waals surface area contributed by atoms with E-state index in [9.17, 15) is 18.0 Å². The zero-order valence-electron chi connectivity index (χ0n) is 10.2. The number of hydrogen-bond acceptors (Lipinski definition) is 3. The number of aliphatic hydroxyl groups excluding tert-OH is 1. The van der Waals surface area contributed by atoms with Gasteiger partial charge in [0.15, 0.2) is 0 Å². The number of rotatable bonds is 6. The fourth-order valence-corrected chi connectivity index (χ4v) is 1.12. The van der Waals surface area contributed by atoms with Crippen molar-refractivity contribution in [2.45, 2.75) is 38.6 Å². The molecular weight excluding hydrogens is 237 g/mol. The van der Waals surface area contributed by atoms with Gasteiger partial charge in [-0.05, 0) is 27.3 Å². The Hall–Kier alpha value is -0.820. The van der Waals surface area contributed by atoms with Gasteiger partial charge >= 0.3 is 6.18 Å². The van der Waals surface area contributed by atoms with E-state index in [-0.39, 0.29) is 0 Å². The van der Waals surface area contributed by atoms with Gasteiger partial charge in [0.05, 0.1) is 12.1 Å². The van der Waals surface area contributed by atoms with Crippen molar-refractivity contribution in [2.75, 3.05) is 20.1 Å². The molecule has 4 nitrogen and oxygen atoms in total. The van der Waals surface area contributed by atoms with Gasteiger partial charge in [-0.3, -0.25) is 9.69 Å². The summed E-state index contributed by atoms with van der Waals surface area (Å²) in [6.45, 7) is 2.26. The van der Waals surface area contributed by atoms with Crippen LogP contribution in [0.15, 0.2) is 0 Å². The van der Waals surface area contributed by atoms with Crippen LogP contribution in [-0.2, 0) is 4.79 Å². The summed E-state index contributed by atoms with van der Waals surface area (Å²) in [4.78, 5) is 13.0. The molecule has 1 amide bonds. The normalized spacial score (nSPS) is 15.8.